The normalized spacial score (nSPS) is 12.8. The van der Waals surface area contributed by atoms with Crippen molar-refractivity contribution < 1.29 is 14.4 Å². The molecule has 0 saturated heterocycles. The first-order valence-electron chi connectivity index (χ1n) is 7.93. The average Bonchev–Trinajstić information content (AvgIpc) is 2.64. The molecule has 1 aromatic heterocycles. The van der Waals surface area contributed by atoms with Crippen LogP contribution in [0.4, 0.5) is 5.69 Å². The van der Waals surface area contributed by atoms with Crippen molar-refractivity contribution in [2.24, 2.45) is 0 Å². The first-order valence-corrected chi connectivity index (χ1v) is 8.92. The van der Waals surface area contributed by atoms with Crippen LogP contribution < -0.4 is 4.74 Å². The lowest BCUT2D eigenvalue weighted by Crippen LogP contribution is -2.13. The van der Waals surface area contributed by atoms with E-state index in [9.17, 15) is 15.4 Å². The number of hydrogen-bond acceptors (Lipinski definition) is 7. The molecule has 1 aliphatic rings. The summed E-state index contributed by atoms with van der Waals surface area (Å²) in [5.74, 6) is 1.03. The van der Waals surface area contributed by atoms with Crippen LogP contribution in [0.5, 0.6) is 5.75 Å². The van der Waals surface area contributed by atoms with Gasteiger partial charge in [-0.05, 0) is 31.9 Å². The smallest absolute Gasteiger partial charge is 0.270 e. The third kappa shape index (κ3) is 3.36. The van der Waals surface area contributed by atoms with E-state index in [2.05, 4.69) is 11.1 Å². The zero-order valence-electron chi connectivity index (χ0n) is 14.7. The maximum atomic E-state index is 11.2. The van der Waals surface area contributed by atoms with Crippen LogP contribution in [0.1, 0.15) is 33.5 Å². The number of non-ortho nitro benzene ring substituents is 1. The number of aryl methyl sites for hydroxylation is 1. The maximum Gasteiger partial charge on any atom is 0.270 e. The van der Waals surface area contributed by atoms with E-state index >= 15 is 0 Å². The van der Waals surface area contributed by atoms with Gasteiger partial charge in [-0.25, -0.2) is 4.98 Å². The van der Waals surface area contributed by atoms with Crippen LogP contribution in [-0.2, 0) is 17.1 Å². The van der Waals surface area contributed by atoms with Crippen LogP contribution in [0.15, 0.2) is 17.2 Å². The SMILES string of the molecule is Cc1nc(SCc2cc([N+](=O)[O-])cc3c2OCOC3)c(C#N)c(C)c1C. The van der Waals surface area contributed by atoms with Crippen molar-refractivity contribution in [3.05, 3.63) is 55.8 Å². The zero-order chi connectivity index (χ0) is 18.8. The van der Waals surface area contributed by atoms with Crippen LogP contribution in [-0.4, -0.2) is 16.7 Å². The summed E-state index contributed by atoms with van der Waals surface area (Å²) in [6.07, 6.45) is 0. The topological polar surface area (TPSA) is 98.3 Å². The second-order valence-corrected chi connectivity index (χ2v) is 6.95. The van der Waals surface area contributed by atoms with Gasteiger partial charge in [-0.15, -0.1) is 11.8 Å². The fraction of sp³-hybridized carbons (Fsp3) is 0.333. The Morgan fingerprint density at radius 3 is 2.81 bits per heavy atom. The third-order valence-electron chi connectivity index (χ3n) is 4.42. The number of hydrogen-bond donors (Lipinski definition) is 0. The molecule has 26 heavy (non-hydrogen) atoms. The van der Waals surface area contributed by atoms with Crippen LogP contribution in [0.2, 0.25) is 0 Å². The summed E-state index contributed by atoms with van der Waals surface area (Å²) < 4.78 is 10.8. The van der Waals surface area contributed by atoms with Gasteiger partial charge in [0.2, 0.25) is 0 Å². The number of fused-ring (bicyclic) bond motifs is 1. The number of nitro benzene ring substituents is 1. The number of aromatic nitrogens is 1. The van der Waals surface area contributed by atoms with Gasteiger partial charge in [0.15, 0.2) is 6.79 Å². The summed E-state index contributed by atoms with van der Waals surface area (Å²) in [6, 6.07) is 5.20. The van der Waals surface area contributed by atoms with E-state index in [0.29, 0.717) is 33.2 Å². The van der Waals surface area contributed by atoms with E-state index in [4.69, 9.17) is 9.47 Å². The number of benzene rings is 1. The summed E-state index contributed by atoms with van der Waals surface area (Å²) in [5, 5.41) is 21.3. The Balaban J connectivity index is 1.97. The van der Waals surface area contributed by atoms with E-state index in [1.165, 1.54) is 23.9 Å². The lowest BCUT2D eigenvalue weighted by molar-refractivity contribution is -0.385. The number of pyridine rings is 1. The predicted octanol–water partition coefficient (Wildman–Crippen LogP) is 3.95. The van der Waals surface area contributed by atoms with Crippen molar-refractivity contribution in [1.29, 1.82) is 5.26 Å². The van der Waals surface area contributed by atoms with Gasteiger partial charge in [0.1, 0.15) is 16.8 Å². The van der Waals surface area contributed by atoms with Crippen molar-refractivity contribution in [2.45, 2.75) is 38.2 Å². The number of nitro groups is 1. The van der Waals surface area contributed by atoms with Crippen molar-refractivity contribution in [1.82, 2.24) is 4.98 Å². The third-order valence-corrected chi connectivity index (χ3v) is 5.45. The van der Waals surface area contributed by atoms with Gasteiger partial charge in [-0.3, -0.25) is 10.1 Å². The molecule has 0 aliphatic carbocycles. The van der Waals surface area contributed by atoms with E-state index in [1.54, 1.807) is 0 Å². The van der Waals surface area contributed by atoms with E-state index in [-0.39, 0.29) is 19.1 Å². The van der Waals surface area contributed by atoms with E-state index in [1.807, 2.05) is 20.8 Å². The molecule has 0 atom stereocenters. The zero-order valence-corrected chi connectivity index (χ0v) is 15.5. The van der Waals surface area contributed by atoms with Crippen molar-refractivity contribution in [2.75, 3.05) is 6.79 Å². The number of nitrogens with zero attached hydrogens (tertiary/aromatic N) is 3. The number of nitriles is 1. The largest absolute Gasteiger partial charge is 0.467 e. The molecule has 0 amide bonds. The van der Waals surface area contributed by atoms with Gasteiger partial charge in [-0.2, -0.15) is 5.26 Å². The Hall–Kier alpha value is -2.63. The predicted molar refractivity (Wildman–Crippen MR) is 96.1 cm³/mol. The van der Waals surface area contributed by atoms with E-state index in [0.717, 1.165) is 16.8 Å². The van der Waals surface area contributed by atoms with Gasteiger partial charge in [0.25, 0.3) is 5.69 Å². The van der Waals surface area contributed by atoms with Gasteiger partial charge < -0.3 is 9.47 Å². The maximum absolute atomic E-state index is 11.2. The molecule has 7 nitrogen and oxygen atoms in total. The average molecular weight is 371 g/mol. The van der Waals surface area contributed by atoms with Crippen LogP contribution in [0, 0.1) is 42.2 Å². The molecule has 2 aromatic rings. The molecule has 134 valence electrons. The van der Waals surface area contributed by atoms with Gasteiger partial charge in [0.05, 0.1) is 17.1 Å². The molecule has 1 aromatic carbocycles. The summed E-state index contributed by atoms with van der Waals surface area (Å²) >= 11 is 1.38. The van der Waals surface area contributed by atoms with Gasteiger partial charge >= 0.3 is 0 Å². The molecule has 3 rings (SSSR count). The molecule has 2 heterocycles. The second kappa shape index (κ2) is 7.32. The van der Waals surface area contributed by atoms with Crippen molar-refractivity contribution in [3.8, 4) is 11.8 Å². The molecule has 0 radical (unpaired) electrons. The highest BCUT2D eigenvalue weighted by molar-refractivity contribution is 7.98. The summed E-state index contributed by atoms with van der Waals surface area (Å²) in [4.78, 5) is 15.3. The highest BCUT2D eigenvalue weighted by atomic mass is 32.2. The molecule has 0 bridgehead atoms. The van der Waals surface area contributed by atoms with Crippen LogP contribution in [0.3, 0.4) is 0 Å². The molecular formula is C18H17N3O4S. The van der Waals surface area contributed by atoms with Gasteiger partial charge in [0, 0.05) is 34.7 Å². The fourth-order valence-electron chi connectivity index (χ4n) is 2.79. The quantitative estimate of drug-likeness (QED) is 0.456. The van der Waals surface area contributed by atoms with Crippen LogP contribution in [0.25, 0.3) is 0 Å². The Morgan fingerprint density at radius 1 is 1.35 bits per heavy atom. The lowest BCUT2D eigenvalue weighted by Gasteiger charge is -2.20. The summed E-state index contributed by atoms with van der Waals surface area (Å²) in [7, 11) is 0. The molecule has 0 saturated carbocycles. The van der Waals surface area contributed by atoms with Gasteiger partial charge in [-0.1, -0.05) is 0 Å². The first-order chi connectivity index (χ1) is 12.4. The Kier molecular flexibility index (Phi) is 5.11. The Morgan fingerprint density at radius 2 is 2.12 bits per heavy atom. The summed E-state index contributed by atoms with van der Waals surface area (Å²) in [6.45, 7) is 6.15. The number of rotatable bonds is 4. The Bertz CT molecular complexity index is 937. The second-order valence-electron chi connectivity index (χ2n) is 5.99. The molecule has 8 heteroatoms. The molecular weight excluding hydrogens is 354 g/mol. The standard InChI is InChI=1S/C18H17N3O4S/c1-10-11(2)16(6-19)18(20-12(10)3)26-8-14-5-15(21(22)23)4-13-7-24-9-25-17(13)14/h4-5H,7-9H2,1-3H3. The molecule has 0 N–H and O–H groups in total. The fourth-order valence-corrected chi connectivity index (χ4v) is 3.84. The minimum atomic E-state index is -0.428. The lowest BCUT2D eigenvalue weighted by atomic mass is 10.1. The molecule has 1 aliphatic heterocycles. The van der Waals surface area contributed by atoms with Crippen molar-refractivity contribution >= 4 is 17.4 Å². The van der Waals surface area contributed by atoms with E-state index < -0.39 is 4.92 Å². The monoisotopic (exact) mass is 371 g/mol. The Labute approximate surface area is 155 Å². The minimum Gasteiger partial charge on any atom is -0.467 e. The first kappa shape index (κ1) is 18.2. The summed E-state index contributed by atoms with van der Waals surface area (Å²) in [5.41, 5.74) is 4.68. The highest BCUT2D eigenvalue weighted by Crippen LogP contribution is 2.37. The molecule has 0 fully saturated rings. The molecule has 0 spiro atoms. The van der Waals surface area contributed by atoms with Crippen LogP contribution >= 0.6 is 11.8 Å². The number of ether oxygens (including phenoxy) is 2. The highest BCUT2D eigenvalue weighted by Gasteiger charge is 2.22. The molecule has 0 unspecified atom stereocenters. The number of thioether (sulfide) groups is 1. The minimum absolute atomic E-state index is 0.00168. The van der Waals surface area contributed by atoms with Crippen molar-refractivity contribution in [3.63, 3.8) is 0 Å².